The third kappa shape index (κ3) is 1.90. The van der Waals surface area contributed by atoms with E-state index in [-0.39, 0.29) is 5.82 Å². The fourth-order valence-corrected chi connectivity index (χ4v) is 1.86. The largest absolute Gasteiger partial charge is 0.396 e. The molecule has 3 rings (SSSR count). The first-order valence-electron chi connectivity index (χ1n) is 5.55. The van der Waals surface area contributed by atoms with Crippen molar-refractivity contribution in [3.8, 4) is 0 Å². The number of rotatable bonds is 2. The van der Waals surface area contributed by atoms with Gasteiger partial charge in [0.25, 0.3) is 0 Å². The van der Waals surface area contributed by atoms with Crippen LogP contribution in [-0.2, 0) is 6.42 Å². The van der Waals surface area contributed by atoms with Crippen LogP contribution in [0, 0.1) is 5.82 Å². The van der Waals surface area contributed by atoms with Gasteiger partial charge in [0.05, 0.1) is 23.8 Å². The molecule has 0 radical (unpaired) electrons. The molecule has 0 bridgehead atoms. The minimum absolute atomic E-state index is 0.220. The highest BCUT2D eigenvalue weighted by atomic mass is 19.1. The second-order valence-electron chi connectivity index (χ2n) is 4.09. The Kier molecular flexibility index (Phi) is 2.44. The van der Waals surface area contributed by atoms with Gasteiger partial charge in [-0.15, -0.1) is 0 Å². The van der Waals surface area contributed by atoms with Crippen LogP contribution in [0.2, 0.25) is 0 Å². The lowest BCUT2D eigenvalue weighted by atomic mass is 10.1. The first-order chi connectivity index (χ1) is 8.72. The van der Waals surface area contributed by atoms with E-state index in [1.54, 1.807) is 29.0 Å². The molecule has 0 atom stereocenters. The summed E-state index contributed by atoms with van der Waals surface area (Å²) in [6, 6.07) is 8.50. The number of aromatic nitrogens is 3. The van der Waals surface area contributed by atoms with Crippen LogP contribution in [0.15, 0.2) is 42.7 Å². The molecule has 4 nitrogen and oxygen atoms in total. The van der Waals surface area contributed by atoms with Gasteiger partial charge in [0.1, 0.15) is 5.82 Å². The second-order valence-corrected chi connectivity index (χ2v) is 4.09. The van der Waals surface area contributed by atoms with Gasteiger partial charge < -0.3 is 5.73 Å². The van der Waals surface area contributed by atoms with Crippen molar-refractivity contribution in [3.05, 3.63) is 59.8 Å². The SMILES string of the molecule is Nc1cnc2cc(Cc3ccccc3F)nn2c1. The normalized spacial score (nSPS) is 10.9. The number of nitrogen functional groups attached to an aromatic ring is 1. The van der Waals surface area contributed by atoms with Gasteiger partial charge in [-0.25, -0.2) is 13.9 Å². The summed E-state index contributed by atoms with van der Waals surface area (Å²) < 4.78 is 15.1. The molecule has 0 saturated carbocycles. The topological polar surface area (TPSA) is 56.2 Å². The zero-order chi connectivity index (χ0) is 12.5. The molecule has 0 spiro atoms. The number of fused-ring (bicyclic) bond motifs is 1. The molecule has 0 aliphatic rings. The molecule has 5 heteroatoms. The van der Waals surface area contributed by atoms with E-state index >= 15 is 0 Å². The number of anilines is 1. The van der Waals surface area contributed by atoms with E-state index in [1.807, 2.05) is 12.1 Å². The van der Waals surface area contributed by atoms with Crippen molar-refractivity contribution in [3.63, 3.8) is 0 Å². The van der Waals surface area contributed by atoms with Crippen molar-refractivity contribution >= 4 is 11.3 Å². The van der Waals surface area contributed by atoms with Gasteiger partial charge >= 0.3 is 0 Å². The summed E-state index contributed by atoms with van der Waals surface area (Å²) in [5.41, 5.74) is 8.26. The first kappa shape index (κ1) is 10.7. The lowest BCUT2D eigenvalue weighted by Crippen LogP contribution is -1.95. The molecule has 0 saturated heterocycles. The Labute approximate surface area is 103 Å². The molecule has 3 aromatic rings. The Balaban J connectivity index is 1.98. The van der Waals surface area contributed by atoms with Crippen molar-refractivity contribution in [2.45, 2.75) is 6.42 Å². The predicted octanol–water partition coefficient (Wildman–Crippen LogP) is 2.04. The number of benzene rings is 1. The van der Waals surface area contributed by atoms with E-state index < -0.39 is 0 Å². The summed E-state index contributed by atoms with van der Waals surface area (Å²) >= 11 is 0. The van der Waals surface area contributed by atoms with Crippen LogP contribution in [0.3, 0.4) is 0 Å². The van der Waals surface area contributed by atoms with Crippen molar-refractivity contribution in [1.29, 1.82) is 0 Å². The van der Waals surface area contributed by atoms with E-state index in [4.69, 9.17) is 5.73 Å². The number of hydrogen-bond donors (Lipinski definition) is 1. The molecular formula is C13H11FN4. The van der Waals surface area contributed by atoms with Gasteiger partial charge in [-0.3, -0.25) is 0 Å². The van der Waals surface area contributed by atoms with E-state index in [0.29, 0.717) is 23.3 Å². The molecule has 0 fully saturated rings. The average Bonchev–Trinajstić information content (AvgIpc) is 2.73. The molecule has 0 aliphatic carbocycles. The van der Waals surface area contributed by atoms with Gasteiger partial charge in [-0.2, -0.15) is 5.10 Å². The van der Waals surface area contributed by atoms with Gasteiger partial charge in [0, 0.05) is 12.5 Å². The third-order valence-corrected chi connectivity index (χ3v) is 2.71. The zero-order valence-electron chi connectivity index (χ0n) is 9.55. The van der Waals surface area contributed by atoms with Crippen LogP contribution in [0.4, 0.5) is 10.1 Å². The third-order valence-electron chi connectivity index (χ3n) is 2.71. The molecule has 0 amide bonds. The lowest BCUT2D eigenvalue weighted by Gasteiger charge is -1.98. The molecule has 18 heavy (non-hydrogen) atoms. The van der Waals surface area contributed by atoms with Crippen LogP contribution < -0.4 is 5.73 Å². The van der Waals surface area contributed by atoms with Crippen LogP contribution in [0.1, 0.15) is 11.3 Å². The predicted molar refractivity (Wildman–Crippen MR) is 66.6 cm³/mol. The summed E-state index contributed by atoms with van der Waals surface area (Å²) in [6.07, 6.45) is 3.70. The molecule has 1 aromatic carbocycles. The highest BCUT2D eigenvalue weighted by molar-refractivity contribution is 5.45. The highest BCUT2D eigenvalue weighted by Crippen LogP contribution is 2.13. The fraction of sp³-hybridized carbons (Fsp3) is 0.0769. The van der Waals surface area contributed by atoms with Gasteiger partial charge in [0.2, 0.25) is 0 Å². The van der Waals surface area contributed by atoms with Gasteiger partial charge in [0.15, 0.2) is 5.65 Å². The number of hydrogen-bond acceptors (Lipinski definition) is 3. The molecule has 0 unspecified atom stereocenters. The average molecular weight is 242 g/mol. The molecule has 0 aliphatic heterocycles. The fourth-order valence-electron chi connectivity index (χ4n) is 1.86. The lowest BCUT2D eigenvalue weighted by molar-refractivity contribution is 0.613. The zero-order valence-corrected chi connectivity index (χ0v) is 9.55. The summed E-state index contributed by atoms with van der Waals surface area (Å²) in [6.45, 7) is 0. The smallest absolute Gasteiger partial charge is 0.155 e. The summed E-state index contributed by atoms with van der Waals surface area (Å²) in [5, 5.41) is 4.32. The maximum absolute atomic E-state index is 13.5. The van der Waals surface area contributed by atoms with E-state index in [2.05, 4.69) is 10.1 Å². The van der Waals surface area contributed by atoms with Crippen LogP contribution >= 0.6 is 0 Å². The monoisotopic (exact) mass is 242 g/mol. The van der Waals surface area contributed by atoms with E-state index in [0.717, 1.165) is 5.69 Å². The maximum atomic E-state index is 13.5. The summed E-state index contributed by atoms with van der Waals surface area (Å²) in [5.74, 6) is -0.220. The number of halogens is 1. The maximum Gasteiger partial charge on any atom is 0.155 e. The quantitative estimate of drug-likeness (QED) is 0.748. The Bertz CT molecular complexity index is 705. The molecule has 90 valence electrons. The van der Waals surface area contributed by atoms with Crippen molar-refractivity contribution in [2.75, 3.05) is 5.73 Å². The number of nitrogens with zero attached hydrogens (tertiary/aromatic N) is 3. The van der Waals surface area contributed by atoms with Gasteiger partial charge in [-0.1, -0.05) is 18.2 Å². The van der Waals surface area contributed by atoms with Crippen LogP contribution in [0.5, 0.6) is 0 Å². The Morgan fingerprint density at radius 3 is 2.94 bits per heavy atom. The minimum Gasteiger partial charge on any atom is -0.396 e. The van der Waals surface area contributed by atoms with Crippen molar-refractivity contribution in [2.24, 2.45) is 0 Å². The molecule has 2 aromatic heterocycles. The minimum atomic E-state index is -0.220. The van der Waals surface area contributed by atoms with Crippen molar-refractivity contribution < 1.29 is 4.39 Å². The summed E-state index contributed by atoms with van der Waals surface area (Å²) in [7, 11) is 0. The van der Waals surface area contributed by atoms with E-state index in [1.165, 1.54) is 6.07 Å². The van der Waals surface area contributed by atoms with Crippen molar-refractivity contribution in [1.82, 2.24) is 14.6 Å². The standard InChI is InChI=1S/C13H11FN4/c14-12-4-2-1-3-9(12)5-11-6-13-16-7-10(15)8-18(13)17-11/h1-4,6-8H,5,15H2. The molecular weight excluding hydrogens is 231 g/mol. The Morgan fingerprint density at radius 1 is 1.28 bits per heavy atom. The van der Waals surface area contributed by atoms with Crippen LogP contribution in [0.25, 0.3) is 5.65 Å². The first-order valence-corrected chi connectivity index (χ1v) is 5.55. The summed E-state index contributed by atoms with van der Waals surface area (Å²) in [4.78, 5) is 4.15. The molecule has 2 heterocycles. The Hall–Kier alpha value is -2.43. The van der Waals surface area contributed by atoms with Crippen LogP contribution in [-0.4, -0.2) is 14.6 Å². The highest BCUT2D eigenvalue weighted by Gasteiger charge is 2.07. The van der Waals surface area contributed by atoms with E-state index in [9.17, 15) is 4.39 Å². The van der Waals surface area contributed by atoms with Gasteiger partial charge in [-0.05, 0) is 11.6 Å². The Morgan fingerprint density at radius 2 is 2.11 bits per heavy atom. The second kappa shape index (κ2) is 4.10. The number of nitrogens with two attached hydrogens (primary N) is 1. The molecule has 2 N–H and O–H groups in total.